The van der Waals surface area contributed by atoms with E-state index in [4.69, 9.17) is 4.74 Å². The summed E-state index contributed by atoms with van der Waals surface area (Å²) in [6.07, 6.45) is 4.16. The van der Waals surface area contributed by atoms with Gasteiger partial charge >= 0.3 is 0 Å². The van der Waals surface area contributed by atoms with E-state index < -0.39 is 0 Å². The maximum absolute atomic E-state index is 5.23. The highest BCUT2D eigenvalue weighted by Gasteiger charge is 2.14. The van der Waals surface area contributed by atoms with Gasteiger partial charge < -0.3 is 4.74 Å². The maximum Gasteiger partial charge on any atom is 0.119 e. The fourth-order valence-corrected chi connectivity index (χ4v) is 2.15. The number of allylic oxidation sites excluding steroid dienone is 3. The van der Waals surface area contributed by atoms with Gasteiger partial charge in [-0.3, -0.25) is 0 Å². The van der Waals surface area contributed by atoms with Gasteiger partial charge in [-0.1, -0.05) is 18.7 Å². The molecule has 0 radical (unpaired) electrons. The molecule has 1 nitrogen and oxygen atoms in total. The number of aryl methyl sites for hydroxylation is 1. The van der Waals surface area contributed by atoms with Crippen LogP contribution in [0.2, 0.25) is 0 Å². The molecule has 0 bridgehead atoms. The van der Waals surface area contributed by atoms with Gasteiger partial charge in [-0.05, 0) is 54.2 Å². The molecule has 1 aliphatic carbocycles. The molecule has 0 amide bonds. The Morgan fingerprint density at radius 3 is 2.80 bits per heavy atom. The average molecular weight is 200 g/mol. The third kappa shape index (κ3) is 1.70. The molecule has 15 heavy (non-hydrogen) atoms. The zero-order chi connectivity index (χ0) is 10.8. The molecule has 0 saturated carbocycles. The zero-order valence-electron chi connectivity index (χ0n) is 9.34. The van der Waals surface area contributed by atoms with Crippen molar-refractivity contribution in [2.45, 2.75) is 19.8 Å². The van der Waals surface area contributed by atoms with E-state index >= 15 is 0 Å². The summed E-state index contributed by atoms with van der Waals surface area (Å²) in [5.41, 5.74) is 5.45. The molecule has 1 aromatic carbocycles. The van der Waals surface area contributed by atoms with E-state index in [1.807, 2.05) is 12.1 Å². The molecule has 0 N–H and O–H groups in total. The monoisotopic (exact) mass is 200 g/mol. The molecule has 0 spiro atoms. The lowest BCUT2D eigenvalue weighted by molar-refractivity contribution is 0.414. The number of ether oxygens (including phenoxy) is 1. The topological polar surface area (TPSA) is 9.23 Å². The summed E-state index contributed by atoms with van der Waals surface area (Å²) in [5, 5.41) is 0. The van der Waals surface area contributed by atoms with Gasteiger partial charge in [0.2, 0.25) is 0 Å². The molecule has 1 heteroatoms. The molecule has 0 saturated heterocycles. The van der Waals surface area contributed by atoms with Crippen LogP contribution in [0.4, 0.5) is 0 Å². The summed E-state index contributed by atoms with van der Waals surface area (Å²) in [6, 6.07) is 6.30. The smallest absolute Gasteiger partial charge is 0.119 e. The van der Waals surface area contributed by atoms with Crippen molar-refractivity contribution >= 4 is 5.57 Å². The second-order valence-electron chi connectivity index (χ2n) is 3.88. The lowest BCUT2D eigenvalue weighted by Gasteiger charge is -2.20. The number of hydrogen-bond acceptors (Lipinski definition) is 1. The normalized spacial score (nSPS) is 14.8. The van der Waals surface area contributed by atoms with Crippen molar-refractivity contribution in [1.82, 2.24) is 0 Å². The van der Waals surface area contributed by atoms with Crippen molar-refractivity contribution in [3.8, 4) is 5.75 Å². The highest BCUT2D eigenvalue weighted by atomic mass is 16.5. The molecular formula is C14H16O. The van der Waals surface area contributed by atoms with E-state index in [9.17, 15) is 0 Å². The molecule has 0 fully saturated rings. The summed E-state index contributed by atoms with van der Waals surface area (Å²) in [6.45, 7) is 6.03. The lowest BCUT2D eigenvalue weighted by atomic mass is 9.86. The van der Waals surface area contributed by atoms with E-state index in [1.54, 1.807) is 7.11 Å². The standard InChI is InChI=1S/C14H16O/c1-4-11-5-6-12-9-13(15-3)7-8-14(12)10(11)2/h4,7-9H,1,5-6H2,2-3H3. The van der Waals surface area contributed by atoms with E-state index in [1.165, 1.54) is 22.3 Å². The molecule has 1 aromatic rings. The minimum atomic E-state index is 0.948. The van der Waals surface area contributed by atoms with Crippen LogP contribution in [0, 0.1) is 0 Å². The van der Waals surface area contributed by atoms with Crippen LogP contribution < -0.4 is 4.74 Å². The van der Waals surface area contributed by atoms with Gasteiger partial charge in [-0.2, -0.15) is 0 Å². The Morgan fingerprint density at radius 2 is 2.13 bits per heavy atom. The summed E-state index contributed by atoms with van der Waals surface area (Å²) in [4.78, 5) is 0. The van der Waals surface area contributed by atoms with Gasteiger partial charge in [0, 0.05) is 0 Å². The number of rotatable bonds is 2. The van der Waals surface area contributed by atoms with E-state index in [0.717, 1.165) is 18.6 Å². The Morgan fingerprint density at radius 1 is 1.33 bits per heavy atom. The summed E-state index contributed by atoms with van der Waals surface area (Å²) in [7, 11) is 1.71. The fourth-order valence-electron chi connectivity index (χ4n) is 2.15. The molecule has 0 atom stereocenters. The molecule has 78 valence electrons. The molecule has 0 heterocycles. The largest absolute Gasteiger partial charge is 0.497 e. The predicted octanol–water partition coefficient (Wildman–Crippen LogP) is 3.60. The van der Waals surface area contributed by atoms with Crippen LogP contribution in [0.3, 0.4) is 0 Å². The predicted molar refractivity (Wildman–Crippen MR) is 64.1 cm³/mol. The number of methoxy groups -OCH3 is 1. The summed E-state index contributed by atoms with van der Waals surface area (Å²) in [5.74, 6) is 0.948. The third-order valence-electron chi connectivity index (χ3n) is 3.11. The summed E-state index contributed by atoms with van der Waals surface area (Å²) < 4.78 is 5.23. The van der Waals surface area contributed by atoms with Gasteiger partial charge in [0.1, 0.15) is 5.75 Å². The number of fused-ring (bicyclic) bond motifs is 1. The first-order valence-corrected chi connectivity index (χ1v) is 5.25. The van der Waals surface area contributed by atoms with Crippen LogP contribution in [-0.4, -0.2) is 7.11 Å². The molecule has 0 unspecified atom stereocenters. The quantitative estimate of drug-likeness (QED) is 0.708. The van der Waals surface area contributed by atoms with E-state index in [2.05, 4.69) is 25.6 Å². The van der Waals surface area contributed by atoms with Gasteiger partial charge in [-0.25, -0.2) is 0 Å². The molecule has 2 rings (SSSR count). The molecular weight excluding hydrogens is 184 g/mol. The van der Waals surface area contributed by atoms with Crippen molar-refractivity contribution < 1.29 is 4.74 Å². The Kier molecular flexibility index (Phi) is 2.63. The fraction of sp³-hybridized carbons (Fsp3) is 0.286. The van der Waals surface area contributed by atoms with Crippen LogP contribution in [-0.2, 0) is 6.42 Å². The second-order valence-corrected chi connectivity index (χ2v) is 3.88. The first-order chi connectivity index (χ1) is 7.26. The Bertz CT molecular complexity index is 427. The SMILES string of the molecule is C=CC1=C(C)c2ccc(OC)cc2CC1. The van der Waals surface area contributed by atoms with E-state index in [0.29, 0.717) is 0 Å². The first kappa shape index (κ1) is 10.0. The van der Waals surface area contributed by atoms with Crippen LogP contribution in [0.25, 0.3) is 5.57 Å². The highest BCUT2D eigenvalue weighted by Crippen LogP contribution is 2.33. The Hall–Kier alpha value is -1.50. The first-order valence-electron chi connectivity index (χ1n) is 5.25. The van der Waals surface area contributed by atoms with Crippen molar-refractivity contribution in [1.29, 1.82) is 0 Å². The molecule has 0 aliphatic heterocycles. The molecule has 1 aliphatic rings. The minimum Gasteiger partial charge on any atom is -0.497 e. The number of hydrogen-bond donors (Lipinski definition) is 0. The average Bonchev–Trinajstić information content (AvgIpc) is 2.29. The van der Waals surface area contributed by atoms with Crippen molar-refractivity contribution in [2.24, 2.45) is 0 Å². The zero-order valence-corrected chi connectivity index (χ0v) is 9.34. The Labute approximate surface area is 91.1 Å². The Balaban J connectivity index is 2.51. The minimum absolute atomic E-state index is 0.948. The van der Waals surface area contributed by atoms with Crippen molar-refractivity contribution in [2.75, 3.05) is 7.11 Å². The third-order valence-corrected chi connectivity index (χ3v) is 3.11. The van der Waals surface area contributed by atoms with Crippen molar-refractivity contribution in [3.63, 3.8) is 0 Å². The molecule has 0 aromatic heterocycles. The van der Waals surface area contributed by atoms with Gasteiger partial charge in [0.25, 0.3) is 0 Å². The van der Waals surface area contributed by atoms with Gasteiger partial charge in [0.05, 0.1) is 7.11 Å². The van der Waals surface area contributed by atoms with Crippen LogP contribution in [0.1, 0.15) is 24.5 Å². The summed E-state index contributed by atoms with van der Waals surface area (Å²) >= 11 is 0. The second kappa shape index (κ2) is 3.93. The van der Waals surface area contributed by atoms with Gasteiger partial charge in [-0.15, -0.1) is 0 Å². The van der Waals surface area contributed by atoms with Gasteiger partial charge in [0.15, 0.2) is 0 Å². The van der Waals surface area contributed by atoms with Crippen molar-refractivity contribution in [3.05, 3.63) is 47.6 Å². The van der Waals surface area contributed by atoms with Crippen LogP contribution in [0.15, 0.2) is 36.4 Å². The van der Waals surface area contributed by atoms with E-state index in [-0.39, 0.29) is 0 Å². The van der Waals surface area contributed by atoms with Crippen LogP contribution in [0.5, 0.6) is 5.75 Å². The van der Waals surface area contributed by atoms with Crippen LogP contribution >= 0.6 is 0 Å². The highest BCUT2D eigenvalue weighted by molar-refractivity contribution is 5.74. The maximum atomic E-state index is 5.23. The lowest BCUT2D eigenvalue weighted by Crippen LogP contribution is -2.02. The number of benzene rings is 1.